The number of rotatable bonds is 5. The summed E-state index contributed by atoms with van der Waals surface area (Å²) >= 11 is 0. The molecule has 0 unspecified atom stereocenters. The van der Waals surface area contributed by atoms with Gasteiger partial charge in [-0.25, -0.2) is 4.79 Å². The van der Waals surface area contributed by atoms with E-state index in [-0.39, 0.29) is 16.8 Å². The summed E-state index contributed by atoms with van der Waals surface area (Å²) in [6.07, 6.45) is -1.22. The number of carbonyl (C=O) groups is 2. The van der Waals surface area contributed by atoms with E-state index in [1.165, 1.54) is 31.2 Å². The normalized spacial score (nSPS) is 11.1. The lowest BCUT2D eigenvalue weighted by Crippen LogP contribution is -2.30. The number of nitro groups is 1. The van der Waals surface area contributed by atoms with Gasteiger partial charge in [-0.15, -0.1) is 0 Å². The smallest absolute Gasteiger partial charge is 0.338 e. The number of nitriles is 1. The first-order valence-corrected chi connectivity index (χ1v) is 7.27. The highest BCUT2D eigenvalue weighted by atomic mass is 19.1. The Morgan fingerprint density at radius 1 is 1.31 bits per heavy atom. The van der Waals surface area contributed by atoms with Gasteiger partial charge in [0.1, 0.15) is 0 Å². The number of hydrogen-bond donors (Lipinski definition) is 1. The quantitative estimate of drug-likeness (QED) is 0.499. The maximum absolute atomic E-state index is 13.3. The number of nitrogens with one attached hydrogen (secondary N) is 1. The van der Waals surface area contributed by atoms with Crippen molar-refractivity contribution in [2.75, 3.05) is 5.32 Å². The van der Waals surface area contributed by atoms with E-state index in [4.69, 9.17) is 10.00 Å². The molecule has 132 valence electrons. The minimum atomic E-state index is -1.22. The number of benzene rings is 2. The molecule has 0 saturated carbocycles. The summed E-state index contributed by atoms with van der Waals surface area (Å²) in [7, 11) is 0. The van der Waals surface area contributed by atoms with Crippen LogP contribution in [0, 0.1) is 27.3 Å². The van der Waals surface area contributed by atoms with Gasteiger partial charge in [0.05, 0.1) is 22.1 Å². The zero-order chi connectivity index (χ0) is 19.3. The van der Waals surface area contributed by atoms with E-state index in [1.807, 2.05) is 6.07 Å². The van der Waals surface area contributed by atoms with Gasteiger partial charge in [-0.2, -0.15) is 9.65 Å². The van der Waals surface area contributed by atoms with Crippen LogP contribution in [0.5, 0.6) is 0 Å². The van der Waals surface area contributed by atoms with E-state index in [0.29, 0.717) is 0 Å². The summed E-state index contributed by atoms with van der Waals surface area (Å²) < 4.78 is 18.3. The van der Waals surface area contributed by atoms with E-state index in [2.05, 4.69) is 5.32 Å². The lowest BCUT2D eigenvalue weighted by molar-refractivity contribution is -0.387. The minimum absolute atomic E-state index is 0.0162. The lowest BCUT2D eigenvalue weighted by atomic mass is 10.1. The van der Waals surface area contributed by atoms with Crippen molar-refractivity contribution in [1.82, 2.24) is 0 Å². The fourth-order valence-corrected chi connectivity index (χ4v) is 1.97. The second kappa shape index (κ2) is 7.85. The second-order valence-electron chi connectivity index (χ2n) is 5.15. The predicted molar refractivity (Wildman–Crippen MR) is 87.7 cm³/mol. The van der Waals surface area contributed by atoms with Crippen molar-refractivity contribution >= 4 is 23.3 Å². The molecule has 0 saturated heterocycles. The van der Waals surface area contributed by atoms with Crippen molar-refractivity contribution in [2.24, 2.45) is 0 Å². The standard InChI is InChI=1S/C17H12FN3O5/c1-10(26-17(23)12-4-2-3-11(7-12)9-19)16(22)20-13-5-6-14(18)15(8-13)21(24)25/h2-8,10H,1H3,(H,20,22)/t10-/m0/s1. The van der Waals surface area contributed by atoms with Crippen molar-refractivity contribution in [3.63, 3.8) is 0 Å². The SMILES string of the molecule is C[C@H](OC(=O)c1cccc(C#N)c1)C(=O)Nc1ccc(F)c([N+](=O)[O-])c1. The summed E-state index contributed by atoms with van der Waals surface area (Å²) in [5, 5.41) is 21.8. The zero-order valence-corrected chi connectivity index (χ0v) is 13.4. The highest BCUT2D eigenvalue weighted by molar-refractivity contribution is 5.97. The fraction of sp³-hybridized carbons (Fsp3) is 0.118. The van der Waals surface area contributed by atoms with Crippen molar-refractivity contribution in [3.8, 4) is 6.07 Å². The predicted octanol–water partition coefficient (Wildman–Crippen LogP) is 2.79. The molecule has 0 aromatic heterocycles. The number of anilines is 1. The second-order valence-corrected chi connectivity index (χ2v) is 5.15. The van der Waals surface area contributed by atoms with E-state index < -0.39 is 34.4 Å². The molecule has 2 aromatic carbocycles. The van der Waals surface area contributed by atoms with Crippen LogP contribution in [0.15, 0.2) is 42.5 Å². The molecule has 2 aromatic rings. The number of nitro benzene ring substituents is 1. The van der Waals surface area contributed by atoms with Gasteiger partial charge in [-0.1, -0.05) is 6.07 Å². The van der Waals surface area contributed by atoms with Crippen LogP contribution in [0.25, 0.3) is 0 Å². The molecule has 26 heavy (non-hydrogen) atoms. The molecule has 0 aliphatic heterocycles. The molecule has 0 spiro atoms. The Kier molecular flexibility index (Phi) is 5.60. The molecule has 1 amide bonds. The molecule has 1 N–H and O–H groups in total. The van der Waals surface area contributed by atoms with Crippen molar-refractivity contribution in [2.45, 2.75) is 13.0 Å². The number of hydrogen-bond acceptors (Lipinski definition) is 6. The Labute approximate surface area is 147 Å². The first-order valence-electron chi connectivity index (χ1n) is 7.27. The number of carbonyl (C=O) groups excluding carboxylic acids is 2. The van der Waals surface area contributed by atoms with Crippen LogP contribution in [0.4, 0.5) is 15.8 Å². The van der Waals surface area contributed by atoms with Crippen LogP contribution in [-0.2, 0) is 9.53 Å². The van der Waals surface area contributed by atoms with Crippen LogP contribution in [0.1, 0.15) is 22.8 Å². The highest BCUT2D eigenvalue weighted by Crippen LogP contribution is 2.22. The summed E-state index contributed by atoms with van der Waals surface area (Å²) in [6.45, 7) is 1.30. The number of nitrogens with zero attached hydrogens (tertiary/aromatic N) is 2. The summed E-state index contributed by atoms with van der Waals surface area (Å²) in [5.74, 6) is -2.60. The van der Waals surface area contributed by atoms with Crippen LogP contribution in [-0.4, -0.2) is 22.9 Å². The van der Waals surface area contributed by atoms with Crippen molar-refractivity contribution in [3.05, 3.63) is 69.5 Å². The summed E-state index contributed by atoms with van der Waals surface area (Å²) in [6, 6.07) is 10.5. The monoisotopic (exact) mass is 357 g/mol. The largest absolute Gasteiger partial charge is 0.449 e. The van der Waals surface area contributed by atoms with Gasteiger partial charge in [0, 0.05) is 11.8 Å². The van der Waals surface area contributed by atoms with E-state index >= 15 is 0 Å². The maximum Gasteiger partial charge on any atom is 0.338 e. The molecule has 0 bridgehead atoms. The average Bonchev–Trinajstić information content (AvgIpc) is 2.62. The summed E-state index contributed by atoms with van der Waals surface area (Å²) in [5.41, 5.74) is -0.450. The molecular formula is C17H12FN3O5. The third-order valence-electron chi connectivity index (χ3n) is 3.29. The zero-order valence-electron chi connectivity index (χ0n) is 13.4. The first-order chi connectivity index (χ1) is 12.3. The fourth-order valence-electron chi connectivity index (χ4n) is 1.97. The van der Waals surface area contributed by atoms with Crippen LogP contribution >= 0.6 is 0 Å². The average molecular weight is 357 g/mol. The highest BCUT2D eigenvalue weighted by Gasteiger charge is 2.21. The number of amides is 1. The first kappa shape index (κ1) is 18.5. The van der Waals surface area contributed by atoms with Gasteiger partial charge in [-0.3, -0.25) is 14.9 Å². The molecule has 9 heteroatoms. The number of ether oxygens (including phenoxy) is 1. The van der Waals surface area contributed by atoms with Gasteiger partial charge in [0.2, 0.25) is 5.82 Å². The van der Waals surface area contributed by atoms with Crippen molar-refractivity contribution < 1.29 is 23.6 Å². The van der Waals surface area contributed by atoms with Crippen LogP contribution in [0.3, 0.4) is 0 Å². The van der Waals surface area contributed by atoms with Crippen LogP contribution in [0.2, 0.25) is 0 Å². The molecule has 8 nitrogen and oxygen atoms in total. The van der Waals surface area contributed by atoms with Gasteiger partial charge in [0.15, 0.2) is 6.10 Å². The van der Waals surface area contributed by atoms with Gasteiger partial charge >= 0.3 is 11.7 Å². The molecule has 0 aliphatic carbocycles. The Balaban J connectivity index is 2.05. The van der Waals surface area contributed by atoms with Gasteiger partial charge in [0.25, 0.3) is 5.91 Å². The number of halogens is 1. The summed E-state index contributed by atoms with van der Waals surface area (Å²) in [4.78, 5) is 33.9. The Morgan fingerprint density at radius 2 is 2.04 bits per heavy atom. The van der Waals surface area contributed by atoms with Crippen molar-refractivity contribution in [1.29, 1.82) is 5.26 Å². The third-order valence-corrected chi connectivity index (χ3v) is 3.29. The molecule has 2 rings (SSSR count). The third kappa shape index (κ3) is 4.39. The Bertz CT molecular complexity index is 923. The minimum Gasteiger partial charge on any atom is -0.449 e. The van der Waals surface area contributed by atoms with Crippen LogP contribution < -0.4 is 5.32 Å². The molecular weight excluding hydrogens is 345 g/mol. The Hall–Kier alpha value is -3.80. The maximum atomic E-state index is 13.3. The lowest BCUT2D eigenvalue weighted by Gasteiger charge is -2.13. The van der Waals surface area contributed by atoms with E-state index in [9.17, 15) is 24.1 Å². The topological polar surface area (TPSA) is 122 Å². The molecule has 0 heterocycles. The molecule has 0 fully saturated rings. The molecule has 0 radical (unpaired) electrons. The van der Waals surface area contributed by atoms with E-state index in [0.717, 1.165) is 18.2 Å². The molecule has 0 aliphatic rings. The van der Waals surface area contributed by atoms with E-state index in [1.54, 1.807) is 0 Å². The Morgan fingerprint density at radius 3 is 2.69 bits per heavy atom. The number of esters is 1. The van der Waals surface area contributed by atoms with Gasteiger partial charge in [-0.05, 0) is 37.3 Å². The molecule has 1 atom stereocenters. The van der Waals surface area contributed by atoms with Gasteiger partial charge < -0.3 is 10.1 Å².